The molecule has 2 rings (SSSR count). The van der Waals surface area contributed by atoms with Crippen molar-refractivity contribution in [3.05, 3.63) is 42.1 Å². The van der Waals surface area contributed by atoms with E-state index in [4.69, 9.17) is 0 Å². The summed E-state index contributed by atoms with van der Waals surface area (Å²) in [5, 5.41) is 3.07. The summed E-state index contributed by atoms with van der Waals surface area (Å²) in [5.41, 5.74) is 0. The molecule has 0 spiro atoms. The standard InChI is InChI=1S/C14H15F2N3O3S/c1-3-18(4-2)14(20)19-9-8-12(17-19)23(21,22)13-10(15)6-5-7-11(13)16/h5-9H,3-4H2,1-2H3. The van der Waals surface area contributed by atoms with Gasteiger partial charge in [-0.1, -0.05) is 6.07 Å². The molecule has 0 bridgehead atoms. The van der Waals surface area contributed by atoms with Gasteiger partial charge in [0.2, 0.25) is 9.84 Å². The number of amides is 1. The van der Waals surface area contributed by atoms with Crippen molar-refractivity contribution in [3.63, 3.8) is 0 Å². The Morgan fingerprint density at radius 1 is 1.17 bits per heavy atom. The summed E-state index contributed by atoms with van der Waals surface area (Å²) >= 11 is 0. The Balaban J connectivity index is 2.46. The first-order valence-electron chi connectivity index (χ1n) is 6.87. The van der Waals surface area contributed by atoms with Crippen LogP contribution in [0, 0.1) is 11.6 Å². The van der Waals surface area contributed by atoms with Crippen molar-refractivity contribution in [2.45, 2.75) is 23.8 Å². The number of carbonyl (C=O) groups is 1. The van der Waals surface area contributed by atoms with E-state index in [1.165, 1.54) is 4.90 Å². The normalized spacial score (nSPS) is 11.5. The summed E-state index contributed by atoms with van der Waals surface area (Å²) in [5.74, 6) is -2.43. The Bertz CT molecular complexity index is 809. The molecule has 0 unspecified atom stereocenters. The molecule has 23 heavy (non-hydrogen) atoms. The van der Waals surface area contributed by atoms with Crippen LogP contribution >= 0.6 is 0 Å². The van der Waals surface area contributed by atoms with E-state index < -0.39 is 37.4 Å². The fourth-order valence-corrected chi connectivity index (χ4v) is 3.33. The van der Waals surface area contributed by atoms with E-state index in [1.54, 1.807) is 13.8 Å². The maximum absolute atomic E-state index is 13.7. The van der Waals surface area contributed by atoms with Crippen molar-refractivity contribution in [1.82, 2.24) is 14.7 Å². The monoisotopic (exact) mass is 343 g/mol. The Labute approximate surface area is 132 Å². The first kappa shape index (κ1) is 17.1. The molecule has 0 fully saturated rings. The largest absolute Gasteiger partial charge is 0.344 e. The Kier molecular flexibility index (Phi) is 4.79. The molecule has 0 radical (unpaired) electrons. The highest BCUT2D eigenvalue weighted by molar-refractivity contribution is 7.91. The molecule has 2 aromatic rings. The van der Waals surface area contributed by atoms with Crippen LogP contribution in [0.2, 0.25) is 0 Å². The second kappa shape index (κ2) is 6.45. The van der Waals surface area contributed by atoms with Gasteiger partial charge >= 0.3 is 6.03 Å². The molecule has 1 aromatic carbocycles. The quantitative estimate of drug-likeness (QED) is 0.854. The molecule has 0 aliphatic carbocycles. The Hall–Kier alpha value is -2.29. The summed E-state index contributed by atoms with van der Waals surface area (Å²) in [7, 11) is -4.50. The topological polar surface area (TPSA) is 72.3 Å². The van der Waals surface area contributed by atoms with Crippen molar-refractivity contribution in [3.8, 4) is 0 Å². The Morgan fingerprint density at radius 2 is 1.74 bits per heavy atom. The number of halogens is 2. The van der Waals surface area contributed by atoms with Crippen LogP contribution < -0.4 is 0 Å². The van der Waals surface area contributed by atoms with Crippen LogP contribution in [0.5, 0.6) is 0 Å². The molecule has 0 N–H and O–H groups in total. The minimum absolute atomic E-state index is 0.416. The predicted octanol–water partition coefficient (Wildman–Crippen LogP) is 2.30. The maximum Gasteiger partial charge on any atom is 0.344 e. The van der Waals surface area contributed by atoms with Gasteiger partial charge in [-0.2, -0.15) is 9.78 Å². The second-order valence-corrected chi connectivity index (χ2v) is 6.44. The average Bonchev–Trinajstić information content (AvgIpc) is 2.98. The zero-order valence-electron chi connectivity index (χ0n) is 12.5. The van der Waals surface area contributed by atoms with Crippen LogP contribution in [-0.2, 0) is 9.84 Å². The molecule has 0 aliphatic rings. The third kappa shape index (κ3) is 3.09. The predicted molar refractivity (Wildman–Crippen MR) is 77.8 cm³/mol. The van der Waals surface area contributed by atoms with Gasteiger partial charge in [0.15, 0.2) is 5.03 Å². The summed E-state index contributed by atoms with van der Waals surface area (Å²) in [6.45, 7) is 4.35. The number of hydrogen-bond donors (Lipinski definition) is 0. The van der Waals surface area contributed by atoms with Crippen LogP contribution in [0.25, 0.3) is 0 Å². The van der Waals surface area contributed by atoms with Gasteiger partial charge in [-0.15, -0.1) is 0 Å². The lowest BCUT2D eigenvalue weighted by Gasteiger charge is -2.17. The van der Waals surface area contributed by atoms with E-state index in [1.807, 2.05) is 0 Å². The third-order valence-electron chi connectivity index (χ3n) is 3.26. The van der Waals surface area contributed by atoms with Crippen molar-refractivity contribution >= 4 is 15.9 Å². The van der Waals surface area contributed by atoms with Gasteiger partial charge in [-0.3, -0.25) is 0 Å². The summed E-state index contributed by atoms with van der Waals surface area (Å²) < 4.78 is 52.9. The smallest absolute Gasteiger partial charge is 0.323 e. The van der Waals surface area contributed by atoms with Gasteiger partial charge in [0.25, 0.3) is 0 Å². The van der Waals surface area contributed by atoms with Crippen molar-refractivity contribution < 1.29 is 22.0 Å². The molecule has 0 saturated heterocycles. The lowest BCUT2D eigenvalue weighted by Crippen LogP contribution is -2.34. The van der Waals surface area contributed by atoms with E-state index >= 15 is 0 Å². The number of sulfone groups is 1. The molecule has 1 heterocycles. The number of benzene rings is 1. The van der Waals surface area contributed by atoms with Crippen molar-refractivity contribution in [2.75, 3.05) is 13.1 Å². The molecule has 0 aliphatic heterocycles. The molecule has 124 valence electrons. The zero-order chi connectivity index (χ0) is 17.2. The van der Waals surface area contributed by atoms with E-state index in [0.717, 1.165) is 35.1 Å². The van der Waals surface area contributed by atoms with Crippen LogP contribution in [0.15, 0.2) is 40.4 Å². The molecule has 1 amide bonds. The van der Waals surface area contributed by atoms with Crippen LogP contribution in [0.4, 0.5) is 13.6 Å². The summed E-state index contributed by atoms with van der Waals surface area (Å²) in [4.78, 5) is 12.4. The highest BCUT2D eigenvalue weighted by Gasteiger charge is 2.29. The molecular weight excluding hydrogens is 328 g/mol. The molecule has 1 aromatic heterocycles. The number of hydrogen-bond acceptors (Lipinski definition) is 4. The zero-order valence-corrected chi connectivity index (χ0v) is 13.3. The fraction of sp³-hybridized carbons (Fsp3) is 0.286. The molecule has 6 nitrogen and oxygen atoms in total. The van der Waals surface area contributed by atoms with Gasteiger partial charge in [-0.05, 0) is 32.0 Å². The van der Waals surface area contributed by atoms with Gasteiger partial charge in [0.1, 0.15) is 16.5 Å². The SMILES string of the molecule is CCN(CC)C(=O)n1ccc(S(=O)(=O)c2c(F)cccc2F)n1. The minimum Gasteiger partial charge on any atom is -0.323 e. The minimum atomic E-state index is -4.50. The number of carbonyl (C=O) groups excluding carboxylic acids is 1. The summed E-state index contributed by atoms with van der Waals surface area (Å²) in [6.07, 6.45) is 1.15. The number of rotatable bonds is 4. The van der Waals surface area contributed by atoms with Gasteiger partial charge in [0, 0.05) is 19.3 Å². The van der Waals surface area contributed by atoms with E-state index in [-0.39, 0.29) is 0 Å². The van der Waals surface area contributed by atoms with Crippen molar-refractivity contribution in [1.29, 1.82) is 0 Å². The molecular formula is C14H15F2N3O3S. The maximum atomic E-state index is 13.7. The third-order valence-corrected chi connectivity index (χ3v) is 4.95. The first-order chi connectivity index (χ1) is 10.8. The van der Waals surface area contributed by atoms with Gasteiger partial charge < -0.3 is 4.90 Å². The van der Waals surface area contributed by atoms with Gasteiger partial charge in [-0.25, -0.2) is 22.0 Å². The molecule has 0 saturated carbocycles. The van der Waals surface area contributed by atoms with Crippen molar-refractivity contribution in [2.24, 2.45) is 0 Å². The first-order valence-corrected chi connectivity index (χ1v) is 8.35. The van der Waals surface area contributed by atoms with Crippen LogP contribution in [-0.4, -0.2) is 42.2 Å². The van der Waals surface area contributed by atoms with Crippen LogP contribution in [0.1, 0.15) is 13.8 Å². The van der Waals surface area contributed by atoms with E-state index in [0.29, 0.717) is 13.1 Å². The van der Waals surface area contributed by atoms with E-state index in [2.05, 4.69) is 5.10 Å². The lowest BCUT2D eigenvalue weighted by atomic mass is 10.3. The number of nitrogens with zero attached hydrogens (tertiary/aromatic N) is 3. The lowest BCUT2D eigenvalue weighted by molar-refractivity contribution is 0.201. The van der Waals surface area contributed by atoms with Crippen LogP contribution in [0.3, 0.4) is 0 Å². The van der Waals surface area contributed by atoms with E-state index in [9.17, 15) is 22.0 Å². The van der Waals surface area contributed by atoms with Gasteiger partial charge in [0.05, 0.1) is 0 Å². The summed E-state index contributed by atoms with van der Waals surface area (Å²) in [6, 6.07) is 3.25. The number of aromatic nitrogens is 2. The highest BCUT2D eigenvalue weighted by atomic mass is 32.2. The molecule has 0 atom stereocenters. The Morgan fingerprint density at radius 3 is 2.26 bits per heavy atom. The second-order valence-electron chi connectivity index (χ2n) is 4.61. The highest BCUT2D eigenvalue weighted by Crippen LogP contribution is 2.24. The fourth-order valence-electron chi connectivity index (χ4n) is 2.04. The average molecular weight is 343 g/mol. The molecule has 9 heteroatoms.